The van der Waals surface area contributed by atoms with Crippen LogP contribution in [0.3, 0.4) is 0 Å². The molecule has 1 saturated carbocycles. The van der Waals surface area contributed by atoms with Crippen LogP contribution in [0.1, 0.15) is 59.7 Å². The molecule has 204 valence electrons. The number of ether oxygens (including phenoxy) is 2. The van der Waals surface area contributed by atoms with Crippen LogP contribution in [-0.2, 0) is 19.1 Å². The zero-order valence-electron chi connectivity index (χ0n) is 21.6. The lowest BCUT2D eigenvalue weighted by atomic mass is 9.74. The predicted octanol–water partition coefficient (Wildman–Crippen LogP) is 5.05. The standard InChI is InChI=1S/C29H30N2O7S/c1-17-22-24(32)29(10-7-19(15-29)27(33)34)28(35)31(26(22)39-23(17)25-30-11-14-37-25)16-21(18-5-3-2-4-6-18)38-20-8-12-36-13-9-20/h2-6,11,14,19-21H,7-10,12-13,15-16H2,1H3,(H,33,34). The second kappa shape index (κ2) is 10.3. The van der Waals surface area contributed by atoms with Gasteiger partial charge in [-0.05, 0) is 50.2 Å². The molecule has 3 atom stereocenters. The molecule has 2 aliphatic heterocycles. The number of aliphatic carboxylic acids is 1. The molecule has 1 aromatic carbocycles. The van der Waals surface area contributed by atoms with E-state index in [2.05, 4.69) is 4.98 Å². The number of fused-ring (bicyclic) bond motifs is 1. The fourth-order valence-electron chi connectivity index (χ4n) is 6.11. The molecule has 1 N–H and O–H groups in total. The summed E-state index contributed by atoms with van der Waals surface area (Å²) in [4.78, 5) is 47.0. The molecule has 4 heterocycles. The highest BCUT2D eigenvalue weighted by Gasteiger charge is 2.59. The van der Waals surface area contributed by atoms with Gasteiger partial charge in [-0.15, -0.1) is 11.3 Å². The van der Waals surface area contributed by atoms with Crippen molar-refractivity contribution in [3.8, 4) is 10.8 Å². The molecule has 1 saturated heterocycles. The van der Waals surface area contributed by atoms with Crippen LogP contribution >= 0.6 is 11.3 Å². The Kier molecular flexibility index (Phi) is 6.86. The van der Waals surface area contributed by atoms with Crippen molar-refractivity contribution in [2.24, 2.45) is 11.3 Å². The van der Waals surface area contributed by atoms with Gasteiger partial charge in [0.25, 0.3) is 0 Å². The van der Waals surface area contributed by atoms with Gasteiger partial charge in [0.05, 0.1) is 35.2 Å². The highest BCUT2D eigenvalue weighted by molar-refractivity contribution is 7.20. The number of amides is 1. The normalized spacial score (nSPS) is 24.3. The van der Waals surface area contributed by atoms with Gasteiger partial charge in [0.15, 0.2) is 5.78 Å². The van der Waals surface area contributed by atoms with Gasteiger partial charge in [-0.2, -0.15) is 0 Å². The number of nitrogens with zero attached hydrogens (tertiary/aromatic N) is 2. The average molecular weight is 551 g/mol. The number of anilines is 1. The third kappa shape index (κ3) is 4.50. The molecule has 3 aliphatic rings. The number of oxazole rings is 1. The van der Waals surface area contributed by atoms with Crippen LogP contribution in [0, 0.1) is 18.3 Å². The van der Waals surface area contributed by atoms with Gasteiger partial charge in [0.1, 0.15) is 22.8 Å². The number of benzene rings is 1. The van der Waals surface area contributed by atoms with Gasteiger partial charge < -0.3 is 19.0 Å². The van der Waals surface area contributed by atoms with E-state index in [0.717, 1.165) is 18.4 Å². The molecule has 3 unspecified atom stereocenters. The fourth-order valence-corrected chi connectivity index (χ4v) is 7.36. The van der Waals surface area contributed by atoms with Gasteiger partial charge in [-0.25, -0.2) is 4.98 Å². The lowest BCUT2D eigenvalue weighted by Gasteiger charge is -2.40. The summed E-state index contributed by atoms with van der Waals surface area (Å²) in [6.07, 6.45) is 4.56. The Hall–Kier alpha value is -3.34. The van der Waals surface area contributed by atoms with E-state index in [0.29, 0.717) is 40.1 Å². The molecule has 2 fully saturated rings. The SMILES string of the molecule is Cc1c(-c2ncco2)sc2c1C(=O)C1(CCC(C(=O)O)C1)C(=O)N2CC(OC1CCOCC1)c1ccccc1. The lowest BCUT2D eigenvalue weighted by molar-refractivity contribution is -0.141. The van der Waals surface area contributed by atoms with Crippen molar-refractivity contribution in [1.82, 2.24) is 4.98 Å². The van der Waals surface area contributed by atoms with Crippen LogP contribution in [-0.4, -0.2) is 53.6 Å². The molecular weight excluding hydrogens is 520 g/mol. The molecule has 39 heavy (non-hydrogen) atoms. The maximum atomic E-state index is 14.4. The molecule has 1 amide bonds. The molecule has 2 aromatic heterocycles. The Morgan fingerprint density at radius 3 is 2.67 bits per heavy atom. The fraction of sp³-hybridized carbons (Fsp3) is 0.448. The summed E-state index contributed by atoms with van der Waals surface area (Å²) >= 11 is 1.30. The zero-order chi connectivity index (χ0) is 27.1. The van der Waals surface area contributed by atoms with Crippen molar-refractivity contribution >= 4 is 34.0 Å². The molecule has 1 aliphatic carbocycles. The molecule has 10 heteroatoms. The zero-order valence-corrected chi connectivity index (χ0v) is 22.4. The number of carbonyl (C=O) groups is 3. The van der Waals surface area contributed by atoms with E-state index in [1.165, 1.54) is 17.6 Å². The number of hydrogen-bond donors (Lipinski definition) is 1. The summed E-state index contributed by atoms with van der Waals surface area (Å²) < 4.78 is 17.7. The van der Waals surface area contributed by atoms with E-state index >= 15 is 0 Å². The summed E-state index contributed by atoms with van der Waals surface area (Å²) in [5.74, 6) is -1.97. The first-order chi connectivity index (χ1) is 18.9. The molecule has 0 radical (unpaired) electrons. The number of carboxylic acids is 1. The van der Waals surface area contributed by atoms with E-state index < -0.39 is 23.4 Å². The van der Waals surface area contributed by atoms with Crippen molar-refractivity contribution in [2.45, 2.75) is 51.2 Å². The molecule has 1 spiro atoms. The lowest BCUT2D eigenvalue weighted by Crippen LogP contribution is -2.53. The van der Waals surface area contributed by atoms with Crippen LogP contribution in [0.5, 0.6) is 0 Å². The summed E-state index contributed by atoms with van der Waals surface area (Å²) in [6.45, 7) is 3.28. The molecule has 6 rings (SSSR count). The van der Waals surface area contributed by atoms with Gasteiger partial charge in [0.2, 0.25) is 11.8 Å². The second-order valence-electron chi connectivity index (χ2n) is 10.5. The minimum Gasteiger partial charge on any atom is -0.481 e. The van der Waals surface area contributed by atoms with Gasteiger partial charge in [-0.3, -0.25) is 19.3 Å². The van der Waals surface area contributed by atoms with Crippen molar-refractivity contribution in [3.05, 3.63) is 59.5 Å². The van der Waals surface area contributed by atoms with Crippen molar-refractivity contribution in [2.75, 3.05) is 24.7 Å². The number of carbonyl (C=O) groups excluding carboxylic acids is 2. The Bertz CT molecular complexity index is 1380. The van der Waals surface area contributed by atoms with Gasteiger partial charge in [0, 0.05) is 13.2 Å². The smallest absolute Gasteiger partial charge is 0.306 e. The topological polar surface area (TPSA) is 119 Å². The first kappa shape index (κ1) is 25.9. The third-order valence-corrected chi connectivity index (χ3v) is 9.53. The second-order valence-corrected chi connectivity index (χ2v) is 11.5. The number of ketones is 1. The van der Waals surface area contributed by atoms with Crippen molar-refractivity contribution in [1.29, 1.82) is 0 Å². The molecule has 9 nitrogen and oxygen atoms in total. The monoisotopic (exact) mass is 550 g/mol. The van der Waals surface area contributed by atoms with Crippen LogP contribution < -0.4 is 4.90 Å². The number of hydrogen-bond acceptors (Lipinski definition) is 8. The van der Waals surface area contributed by atoms with Crippen molar-refractivity contribution < 1.29 is 33.4 Å². The minimum absolute atomic E-state index is 0.00358. The van der Waals surface area contributed by atoms with E-state index in [4.69, 9.17) is 13.9 Å². The number of carboxylic acid groups (broad SMARTS) is 1. The van der Waals surface area contributed by atoms with Crippen LogP contribution in [0.15, 0.2) is 47.2 Å². The van der Waals surface area contributed by atoms with Crippen LogP contribution in [0.4, 0.5) is 5.00 Å². The molecule has 3 aromatic rings. The number of rotatable bonds is 7. The van der Waals surface area contributed by atoms with E-state index in [1.54, 1.807) is 11.1 Å². The Labute approximate surface area is 229 Å². The number of thiophene rings is 1. The molecular formula is C29H30N2O7S. The van der Waals surface area contributed by atoms with Gasteiger partial charge >= 0.3 is 5.97 Å². The van der Waals surface area contributed by atoms with E-state index in [9.17, 15) is 19.5 Å². The quantitative estimate of drug-likeness (QED) is 0.406. The Morgan fingerprint density at radius 2 is 2.00 bits per heavy atom. The highest BCUT2D eigenvalue weighted by Crippen LogP contribution is 2.54. The summed E-state index contributed by atoms with van der Waals surface area (Å²) in [7, 11) is 0. The van der Waals surface area contributed by atoms with Crippen molar-refractivity contribution in [3.63, 3.8) is 0 Å². The van der Waals surface area contributed by atoms with E-state index in [-0.39, 0.29) is 43.6 Å². The first-order valence-corrected chi connectivity index (χ1v) is 14.1. The average Bonchev–Trinajstić information content (AvgIpc) is 3.70. The largest absolute Gasteiger partial charge is 0.481 e. The summed E-state index contributed by atoms with van der Waals surface area (Å²) in [5.41, 5.74) is 0.673. The molecule has 0 bridgehead atoms. The maximum Gasteiger partial charge on any atom is 0.306 e. The highest BCUT2D eigenvalue weighted by atomic mass is 32.1. The van der Waals surface area contributed by atoms with Crippen LogP contribution in [0.25, 0.3) is 10.8 Å². The summed E-state index contributed by atoms with van der Waals surface area (Å²) in [5, 5.41) is 10.3. The first-order valence-electron chi connectivity index (χ1n) is 13.3. The number of Topliss-reactive ketones (excluding diaryl/α,β-unsaturated/α-hetero) is 1. The Morgan fingerprint density at radius 1 is 1.23 bits per heavy atom. The van der Waals surface area contributed by atoms with Gasteiger partial charge in [-0.1, -0.05) is 30.3 Å². The van der Waals surface area contributed by atoms with Crippen LogP contribution in [0.2, 0.25) is 0 Å². The summed E-state index contributed by atoms with van der Waals surface area (Å²) in [6, 6.07) is 9.77. The van der Waals surface area contributed by atoms with E-state index in [1.807, 2.05) is 37.3 Å². The maximum absolute atomic E-state index is 14.4. The minimum atomic E-state index is -1.41. The number of aromatic nitrogens is 1. The Balaban J connectivity index is 1.44. The third-order valence-electron chi connectivity index (χ3n) is 8.22. The predicted molar refractivity (Wildman–Crippen MR) is 143 cm³/mol.